The lowest BCUT2D eigenvalue weighted by molar-refractivity contribution is -0.144. The number of alkyl halides is 4. The summed E-state index contributed by atoms with van der Waals surface area (Å²) in [6, 6.07) is 9.52. The Morgan fingerprint density at radius 1 is 1.20 bits per heavy atom. The summed E-state index contributed by atoms with van der Waals surface area (Å²) in [7, 11) is 0. The molecule has 0 radical (unpaired) electrons. The SMILES string of the molecule is Cc1c(CN2CCC(Nc3nc(C(F)(F)F)nc4sc(CF)cc34)CC2)ccc2[nH]c(C#N)cc12. The van der Waals surface area contributed by atoms with Crippen LogP contribution in [0.5, 0.6) is 0 Å². The first kappa shape index (κ1) is 23.5. The maximum atomic E-state index is 13.3. The van der Waals surface area contributed by atoms with Gasteiger partial charge in [-0.25, -0.2) is 14.4 Å². The summed E-state index contributed by atoms with van der Waals surface area (Å²) in [4.78, 5) is 13.2. The number of hydrogen-bond donors (Lipinski definition) is 2. The molecule has 1 saturated heterocycles. The van der Waals surface area contributed by atoms with Crippen molar-refractivity contribution in [2.24, 2.45) is 0 Å². The standard InChI is InChI=1S/C24H22F4N6S/c1-13-14(2-3-20-18(13)8-16(11-29)30-20)12-34-6-4-15(5-7-34)31-21-19-9-17(10-25)35-22(19)33-23(32-21)24(26,27)28/h2-3,8-9,15,30H,4-7,10,12H2,1H3,(H,31,32,33). The van der Waals surface area contributed by atoms with Crippen LogP contribution in [0.15, 0.2) is 24.3 Å². The summed E-state index contributed by atoms with van der Waals surface area (Å²) in [5, 5.41) is 13.8. The number of nitrogens with zero attached hydrogens (tertiary/aromatic N) is 4. The molecule has 0 saturated carbocycles. The van der Waals surface area contributed by atoms with Gasteiger partial charge in [-0.3, -0.25) is 4.90 Å². The quantitative estimate of drug-likeness (QED) is 0.331. The van der Waals surface area contributed by atoms with E-state index in [2.05, 4.69) is 37.3 Å². The van der Waals surface area contributed by atoms with Crippen LogP contribution < -0.4 is 5.32 Å². The molecule has 0 aliphatic carbocycles. The topological polar surface area (TPSA) is 80.6 Å². The van der Waals surface area contributed by atoms with E-state index in [1.807, 2.05) is 19.1 Å². The molecule has 1 aliphatic heterocycles. The van der Waals surface area contributed by atoms with E-state index in [1.165, 1.54) is 11.6 Å². The fourth-order valence-corrected chi connectivity index (χ4v) is 5.45. The first-order valence-corrected chi connectivity index (χ1v) is 12.0. The summed E-state index contributed by atoms with van der Waals surface area (Å²) in [6.07, 6.45) is -3.21. The zero-order chi connectivity index (χ0) is 24.7. The van der Waals surface area contributed by atoms with Gasteiger partial charge in [0.15, 0.2) is 0 Å². The van der Waals surface area contributed by atoms with Gasteiger partial charge in [-0.2, -0.15) is 18.4 Å². The number of aryl methyl sites for hydroxylation is 1. The number of halogens is 4. The molecule has 182 valence electrons. The number of fused-ring (bicyclic) bond motifs is 2. The number of piperidine rings is 1. The predicted molar refractivity (Wildman–Crippen MR) is 127 cm³/mol. The lowest BCUT2D eigenvalue weighted by Crippen LogP contribution is -2.39. The smallest absolute Gasteiger partial charge is 0.367 e. The molecule has 4 aromatic rings. The van der Waals surface area contributed by atoms with Crippen molar-refractivity contribution in [1.82, 2.24) is 19.9 Å². The average molecular weight is 503 g/mol. The van der Waals surface area contributed by atoms with Gasteiger partial charge in [-0.15, -0.1) is 11.3 Å². The van der Waals surface area contributed by atoms with Crippen LogP contribution in [0.2, 0.25) is 0 Å². The number of aromatic nitrogens is 3. The molecule has 0 unspecified atom stereocenters. The van der Waals surface area contributed by atoms with Crippen LogP contribution in [0.3, 0.4) is 0 Å². The average Bonchev–Trinajstić information content (AvgIpc) is 3.46. The third-order valence-corrected chi connectivity index (χ3v) is 7.45. The zero-order valence-electron chi connectivity index (χ0n) is 18.8. The first-order valence-electron chi connectivity index (χ1n) is 11.2. The normalized spacial score (nSPS) is 15.7. The van der Waals surface area contributed by atoms with Crippen LogP contribution in [0.4, 0.5) is 23.4 Å². The minimum Gasteiger partial charge on any atom is -0.367 e. The molecule has 6 nitrogen and oxygen atoms in total. The highest BCUT2D eigenvalue weighted by Crippen LogP contribution is 2.35. The molecule has 4 heterocycles. The van der Waals surface area contributed by atoms with Crippen molar-refractivity contribution in [3.05, 3.63) is 51.8 Å². The molecular formula is C24H22F4N6S. The number of likely N-dealkylation sites (tertiary alicyclic amines) is 1. The zero-order valence-corrected chi connectivity index (χ0v) is 19.7. The second kappa shape index (κ2) is 9.09. The molecule has 1 aromatic carbocycles. The Labute approximate surface area is 202 Å². The minimum atomic E-state index is -4.68. The maximum absolute atomic E-state index is 13.3. The van der Waals surface area contributed by atoms with Crippen LogP contribution in [0.1, 0.15) is 40.4 Å². The van der Waals surface area contributed by atoms with Crippen LogP contribution in [0, 0.1) is 18.3 Å². The number of hydrogen-bond acceptors (Lipinski definition) is 6. The van der Waals surface area contributed by atoms with E-state index in [0.29, 0.717) is 16.0 Å². The van der Waals surface area contributed by atoms with Gasteiger partial charge < -0.3 is 10.3 Å². The molecular weight excluding hydrogens is 480 g/mol. The Balaban J connectivity index is 1.29. The highest BCUT2D eigenvalue weighted by Gasteiger charge is 2.36. The second-order valence-corrected chi connectivity index (χ2v) is 9.87. The number of thiophene rings is 1. The maximum Gasteiger partial charge on any atom is 0.451 e. The van der Waals surface area contributed by atoms with E-state index in [4.69, 9.17) is 5.26 Å². The molecule has 0 atom stereocenters. The van der Waals surface area contributed by atoms with Gasteiger partial charge in [0, 0.05) is 41.5 Å². The van der Waals surface area contributed by atoms with E-state index in [0.717, 1.165) is 60.3 Å². The van der Waals surface area contributed by atoms with Crippen molar-refractivity contribution >= 4 is 38.3 Å². The molecule has 1 aliphatic rings. The van der Waals surface area contributed by atoms with Gasteiger partial charge in [-0.05, 0) is 49.1 Å². The minimum absolute atomic E-state index is 0.0504. The Kier molecular flexibility index (Phi) is 6.11. The van der Waals surface area contributed by atoms with E-state index in [9.17, 15) is 17.6 Å². The van der Waals surface area contributed by atoms with Crippen molar-refractivity contribution in [2.75, 3.05) is 18.4 Å². The van der Waals surface area contributed by atoms with Crippen LogP contribution in [-0.2, 0) is 19.4 Å². The third kappa shape index (κ3) is 4.68. The molecule has 1 fully saturated rings. The van der Waals surface area contributed by atoms with Crippen molar-refractivity contribution in [3.8, 4) is 6.07 Å². The molecule has 0 bridgehead atoms. The van der Waals surface area contributed by atoms with Crippen LogP contribution in [-0.4, -0.2) is 39.0 Å². The highest BCUT2D eigenvalue weighted by molar-refractivity contribution is 7.18. The van der Waals surface area contributed by atoms with E-state index in [1.54, 1.807) is 0 Å². The van der Waals surface area contributed by atoms with Crippen LogP contribution >= 0.6 is 11.3 Å². The molecule has 3 aromatic heterocycles. The Hall–Kier alpha value is -3.23. The molecule has 5 rings (SSSR count). The summed E-state index contributed by atoms with van der Waals surface area (Å²) in [5.41, 5.74) is 3.77. The largest absolute Gasteiger partial charge is 0.451 e. The molecule has 35 heavy (non-hydrogen) atoms. The van der Waals surface area contributed by atoms with E-state index < -0.39 is 18.7 Å². The highest BCUT2D eigenvalue weighted by atomic mass is 32.1. The number of nitrogens with one attached hydrogen (secondary N) is 2. The molecule has 0 amide bonds. The first-order chi connectivity index (χ1) is 16.7. The van der Waals surface area contributed by atoms with Gasteiger partial charge in [0.2, 0.25) is 5.82 Å². The van der Waals surface area contributed by atoms with E-state index >= 15 is 0 Å². The predicted octanol–water partition coefficient (Wildman–Crippen LogP) is 5.92. The van der Waals surface area contributed by atoms with Crippen molar-refractivity contribution in [2.45, 2.75) is 45.2 Å². The fraction of sp³-hybridized carbons (Fsp3) is 0.375. The Morgan fingerprint density at radius 2 is 1.97 bits per heavy atom. The second-order valence-electron chi connectivity index (χ2n) is 8.76. The monoisotopic (exact) mass is 502 g/mol. The summed E-state index contributed by atoms with van der Waals surface area (Å²) in [5.74, 6) is -1.11. The summed E-state index contributed by atoms with van der Waals surface area (Å²) < 4.78 is 53.1. The number of benzene rings is 1. The van der Waals surface area contributed by atoms with Gasteiger partial charge in [0.05, 0.1) is 5.39 Å². The Bertz CT molecular complexity index is 1430. The number of anilines is 1. The number of aromatic amines is 1. The van der Waals surface area contributed by atoms with E-state index in [-0.39, 0.29) is 16.7 Å². The van der Waals surface area contributed by atoms with Gasteiger partial charge in [0.1, 0.15) is 29.1 Å². The van der Waals surface area contributed by atoms with Crippen molar-refractivity contribution in [3.63, 3.8) is 0 Å². The van der Waals surface area contributed by atoms with Gasteiger partial charge >= 0.3 is 6.18 Å². The van der Waals surface area contributed by atoms with Crippen molar-refractivity contribution < 1.29 is 17.6 Å². The van der Waals surface area contributed by atoms with Gasteiger partial charge in [-0.1, -0.05) is 6.07 Å². The number of H-pyrrole nitrogens is 1. The Morgan fingerprint density at radius 3 is 2.66 bits per heavy atom. The molecule has 11 heteroatoms. The molecule has 0 spiro atoms. The summed E-state index contributed by atoms with van der Waals surface area (Å²) >= 11 is 0.916. The number of rotatable bonds is 5. The van der Waals surface area contributed by atoms with Crippen molar-refractivity contribution in [1.29, 1.82) is 5.26 Å². The molecule has 2 N–H and O–H groups in total. The summed E-state index contributed by atoms with van der Waals surface area (Å²) in [6.45, 7) is 3.58. The third-order valence-electron chi connectivity index (χ3n) is 6.46. The lowest BCUT2D eigenvalue weighted by Gasteiger charge is -2.33. The van der Waals surface area contributed by atoms with Gasteiger partial charge in [0.25, 0.3) is 0 Å². The lowest BCUT2D eigenvalue weighted by atomic mass is 10.0. The van der Waals surface area contributed by atoms with Crippen LogP contribution in [0.25, 0.3) is 21.1 Å². The number of nitriles is 1. The fourth-order valence-electron chi connectivity index (χ4n) is 4.57.